The Hall–Kier alpha value is -2.71. The van der Waals surface area contributed by atoms with Gasteiger partial charge in [0.15, 0.2) is 5.17 Å². The Bertz CT molecular complexity index is 1110. The minimum absolute atomic E-state index is 0.0973. The fraction of sp³-hybridized carbons (Fsp3) is 0.238. The van der Waals surface area contributed by atoms with Crippen LogP contribution in [0.15, 0.2) is 47.5 Å². The number of nitrogens with zero attached hydrogens (tertiary/aromatic N) is 3. The number of thioether (sulfide) groups is 1. The number of thiazole rings is 1. The van der Waals surface area contributed by atoms with Crippen molar-refractivity contribution in [1.82, 2.24) is 9.88 Å². The topological polar surface area (TPSA) is 74.7 Å². The average Bonchev–Trinajstić information content (AvgIpc) is 3.21. The first-order valence-electron chi connectivity index (χ1n) is 9.16. The molecule has 0 spiro atoms. The lowest BCUT2D eigenvalue weighted by atomic mass is 10.1. The molecular weight excluding hydrogens is 404 g/mol. The zero-order valence-corrected chi connectivity index (χ0v) is 17.9. The Morgan fingerprint density at radius 3 is 2.83 bits per heavy atom. The number of anilines is 1. The number of benzene rings is 2. The maximum absolute atomic E-state index is 12.6. The van der Waals surface area contributed by atoms with Gasteiger partial charge in [-0.1, -0.05) is 47.4 Å². The molecule has 1 aliphatic heterocycles. The number of aryl methyl sites for hydroxylation is 2. The van der Waals surface area contributed by atoms with Gasteiger partial charge in [-0.15, -0.1) is 0 Å². The second-order valence-electron chi connectivity index (χ2n) is 6.93. The SMILES string of the molecule is Cc1ccc(C)c(NC(=O)C[C@@H]2SC(=Nc3nc4ccccc4s3)N(C)C2=O)c1. The predicted molar refractivity (Wildman–Crippen MR) is 120 cm³/mol. The molecule has 1 atom stereocenters. The van der Waals surface area contributed by atoms with Crippen molar-refractivity contribution in [2.75, 3.05) is 12.4 Å². The van der Waals surface area contributed by atoms with Crippen molar-refractivity contribution < 1.29 is 9.59 Å². The molecule has 0 saturated carbocycles. The Morgan fingerprint density at radius 1 is 1.24 bits per heavy atom. The van der Waals surface area contributed by atoms with Gasteiger partial charge in [-0.25, -0.2) is 4.98 Å². The van der Waals surface area contributed by atoms with Crippen LogP contribution in [0.3, 0.4) is 0 Å². The summed E-state index contributed by atoms with van der Waals surface area (Å²) in [6.45, 7) is 3.92. The monoisotopic (exact) mass is 424 g/mol. The van der Waals surface area contributed by atoms with E-state index >= 15 is 0 Å². The number of para-hydroxylation sites is 1. The van der Waals surface area contributed by atoms with Crippen LogP contribution in [0.1, 0.15) is 17.5 Å². The van der Waals surface area contributed by atoms with Gasteiger partial charge in [-0.05, 0) is 43.2 Å². The van der Waals surface area contributed by atoms with Gasteiger partial charge in [-0.3, -0.25) is 14.5 Å². The van der Waals surface area contributed by atoms with Gasteiger partial charge in [0, 0.05) is 19.2 Å². The molecular formula is C21H20N4O2S2. The maximum Gasteiger partial charge on any atom is 0.242 e. The summed E-state index contributed by atoms with van der Waals surface area (Å²) in [4.78, 5) is 35.7. The standard InChI is InChI=1S/C21H20N4O2S2/c1-12-8-9-13(2)15(10-12)22-18(26)11-17-19(27)25(3)21(29-17)24-20-23-14-6-4-5-7-16(14)28-20/h4-10,17H,11H2,1-3H3,(H,22,26)/t17-/m0/s1. The van der Waals surface area contributed by atoms with Crippen molar-refractivity contribution in [3.05, 3.63) is 53.6 Å². The van der Waals surface area contributed by atoms with Gasteiger partial charge < -0.3 is 5.32 Å². The van der Waals surface area contributed by atoms with Crippen LogP contribution in [-0.4, -0.2) is 39.2 Å². The maximum atomic E-state index is 12.6. The van der Waals surface area contributed by atoms with E-state index in [0.29, 0.717) is 10.3 Å². The Labute approximate surface area is 177 Å². The van der Waals surface area contributed by atoms with E-state index in [2.05, 4.69) is 15.3 Å². The zero-order valence-electron chi connectivity index (χ0n) is 16.3. The van der Waals surface area contributed by atoms with Crippen molar-refractivity contribution in [2.45, 2.75) is 25.5 Å². The highest BCUT2D eigenvalue weighted by molar-refractivity contribution is 8.15. The van der Waals surface area contributed by atoms with E-state index in [-0.39, 0.29) is 18.2 Å². The Balaban J connectivity index is 1.47. The summed E-state index contributed by atoms with van der Waals surface area (Å²) in [5.74, 6) is -0.301. The molecule has 3 aromatic rings. The fourth-order valence-electron chi connectivity index (χ4n) is 3.03. The lowest BCUT2D eigenvalue weighted by molar-refractivity contribution is -0.127. The minimum atomic E-state index is -0.488. The lowest BCUT2D eigenvalue weighted by Gasteiger charge is -2.11. The second-order valence-corrected chi connectivity index (χ2v) is 9.11. The number of amides is 2. The molecule has 6 nitrogen and oxygen atoms in total. The molecule has 148 valence electrons. The smallest absolute Gasteiger partial charge is 0.242 e. The van der Waals surface area contributed by atoms with Crippen LogP contribution in [0.5, 0.6) is 0 Å². The van der Waals surface area contributed by atoms with Crippen LogP contribution in [0, 0.1) is 13.8 Å². The summed E-state index contributed by atoms with van der Waals surface area (Å²) in [6, 6.07) is 13.7. The number of nitrogens with one attached hydrogen (secondary N) is 1. The van der Waals surface area contributed by atoms with E-state index in [0.717, 1.165) is 27.0 Å². The number of hydrogen-bond donors (Lipinski definition) is 1. The third-order valence-corrected chi connectivity index (χ3v) is 6.81. The highest BCUT2D eigenvalue weighted by atomic mass is 32.2. The summed E-state index contributed by atoms with van der Waals surface area (Å²) in [5, 5.41) is 3.61. The number of hydrogen-bond acceptors (Lipinski definition) is 6. The van der Waals surface area contributed by atoms with Crippen molar-refractivity contribution in [2.24, 2.45) is 4.99 Å². The number of fused-ring (bicyclic) bond motifs is 1. The third-order valence-electron chi connectivity index (χ3n) is 4.65. The number of rotatable bonds is 4. The normalized spacial score (nSPS) is 18.0. The van der Waals surface area contributed by atoms with Crippen LogP contribution in [0.4, 0.5) is 10.8 Å². The van der Waals surface area contributed by atoms with Crippen LogP contribution >= 0.6 is 23.1 Å². The highest BCUT2D eigenvalue weighted by Crippen LogP contribution is 2.33. The first-order valence-corrected chi connectivity index (χ1v) is 10.9. The van der Waals surface area contributed by atoms with E-state index in [1.807, 2.05) is 56.3 Å². The molecule has 1 fully saturated rings. The van der Waals surface area contributed by atoms with Crippen LogP contribution in [0.2, 0.25) is 0 Å². The van der Waals surface area contributed by atoms with E-state index in [1.165, 1.54) is 28.0 Å². The minimum Gasteiger partial charge on any atom is -0.326 e. The fourth-order valence-corrected chi connectivity index (χ4v) is 5.06. The number of aliphatic imine (C=N–C) groups is 1. The van der Waals surface area contributed by atoms with Crippen LogP contribution in [0.25, 0.3) is 10.2 Å². The molecule has 0 unspecified atom stereocenters. The number of amidine groups is 1. The van der Waals surface area contributed by atoms with Gasteiger partial charge in [0.05, 0.1) is 10.2 Å². The molecule has 1 aliphatic rings. The molecule has 0 aliphatic carbocycles. The first-order chi connectivity index (χ1) is 13.9. The van der Waals surface area contributed by atoms with Crippen LogP contribution in [-0.2, 0) is 9.59 Å². The van der Waals surface area contributed by atoms with Gasteiger partial charge in [0.2, 0.25) is 16.9 Å². The molecule has 2 aromatic carbocycles. The number of carbonyl (C=O) groups is 2. The molecule has 2 heterocycles. The Morgan fingerprint density at radius 2 is 2.03 bits per heavy atom. The van der Waals surface area contributed by atoms with Crippen molar-refractivity contribution >= 4 is 61.1 Å². The molecule has 1 aromatic heterocycles. The Kier molecular flexibility index (Phi) is 5.38. The summed E-state index contributed by atoms with van der Waals surface area (Å²) in [6.07, 6.45) is 0.0973. The molecule has 2 amide bonds. The third kappa shape index (κ3) is 4.18. The highest BCUT2D eigenvalue weighted by Gasteiger charge is 2.37. The summed E-state index contributed by atoms with van der Waals surface area (Å²) in [7, 11) is 1.68. The predicted octanol–water partition coefficient (Wildman–Crippen LogP) is 4.50. The number of aromatic nitrogens is 1. The molecule has 4 rings (SSSR count). The van der Waals surface area contributed by atoms with Gasteiger partial charge in [-0.2, -0.15) is 4.99 Å². The molecule has 29 heavy (non-hydrogen) atoms. The molecule has 0 radical (unpaired) electrons. The summed E-state index contributed by atoms with van der Waals surface area (Å²) in [5.41, 5.74) is 3.73. The molecule has 0 bridgehead atoms. The quantitative estimate of drug-likeness (QED) is 0.669. The summed E-state index contributed by atoms with van der Waals surface area (Å²) >= 11 is 2.79. The van der Waals surface area contributed by atoms with Crippen molar-refractivity contribution in [3.63, 3.8) is 0 Å². The van der Waals surface area contributed by atoms with Gasteiger partial charge in [0.25, 0.3) is 0 Å². The zero-order chi connectivity index (χ0) is 20.5. The largest absolute Gasteiger partial charge is 0.326 e. The molecule has 8 heteroatoms. The van der Waals surface area contributed by atoms with Crippen molar-refractivity contribution in [3.8, 4) is 0 Å². The average molecular weight is 425 g/mol. The van der Waals surface area contributed by atoms with Crippen molar-refractivity contribution in [1.29, 1.82) is 0 Å². The van der Waals surface area contributed by atoms with E-state index < -0.39 is 5.25 Å². The van der Waals surface area contributed by atoms with Gasteiger partial charge in [0.1, 0.15) is 5.25 Å². The van der Waals surface area contributed by atoms with E-state index in [9.17, 15) is 9.59 Å². The molecule has 1 saturated heterocycles. The first kappa shape index (κ1) is 19.6. The van der Waals surface area contributed by atoms with E-state index in [4.69, 9.17) is 0 Å². The second kappa shape index (κ2) is 7.96. The van der Waals surface area contributed by atoms with Gasteiger partial charge >= 0.3 is 0 Å². The summed E-state index contributed by atoms with van der Waals surface area (Å²) < 4.78 is 1.05. The van der Waals surface area contributed by atoms with Crippen LogP contribution < -0.4 is 5.32 Å². The molecule has 1 N–H and O–H groups in total. The van der Waals surface area contributed by atoms with E-state index in [1.54, 1.807) is 7.05 Å². The lowest BCUT2D eigenvalue weighted by Crippen LogP contribution is -2.30. The number of carbonyl (C=O) groups excluding carboxylic acids is 2.